The van der Waals surface area contributed by atoms with Crippen LogP contribution in [-0.2, 0) is 9.53 Å². The fraction of sp³-hybridized carbons (Fsp3) is 0.769. The van der Waals surface area contributed by atoms with E-state index in [2.05, 4.69) is 0 Å². The number of Topliss-reactive ketones (excluding diaryl/α,β-unsaturated/α-hetero) is 1. The summed E-state index contributed by atoms with van der Waals surface area (Å²) >= 11 is 0. The Hall–Kier alpha value is -0.790. The van der Waals surface area contributed by atoms with Crippen molar-refractivity contribution in [3.05, 3.63) is 11.3 Å². The molecule has 3 rings (SSSR count). The van der Waals surface area contributed by atoms with E-state index in [1.54, 1.807) is 0 Å². The molecule has 0 amide bonds. The fourth-order valence-electron chi connectivity index (χ4n) is 3.27. The van der Waals surface area contributed by atoms with Crippen LogP contribution in [0.2, 0.25) is 0 Å². The van der Waals surface area contributed by atoms with Gasteiger partial charge < -0.3 is 4.74 Å². The second-order valence-corrected chi connectivity index (χ2v) is 5.20. The molecule has 1 spiro atoms. The molecular formula is C13H18O2. The Bertz CT molecular complexity index is 321. The molecule has 0 atom stereocenters. The molecule has 1 fully saturated rings. The number of hydrogen-bond donors (Lipinski definition) is 0. The highest BCUT2D eigenvalue weighted by Crippen LogP contribution is 2.46. The Kier molecular flexibility index (Phi) is 2.11. The Labute approximate surface area is 90.7 Å². The minimum Gasteiger partial charge on any atom is -0.491 e. The Balaban J connectivity index is 1.82. The van der Waals surface area contributed by atoms with Gasteiger partial charge in [-0.3, -0.25) is 4.79 Å². The number of ether oxygens (including phenoxy) is 1. The Morgan fingerprint density at radius 3 is 2.53 bits per heavy atom. The minimum absolute atomic E-state index is 0.0446. The molecule has 1 aliphatic heterocycles. The van der Waals surface area contributed by atoms with Gasteiger partial charge in [-0.05, 0) is 32.1 Å². The largest absolute Gasteiger partial charge is 0.491 e. The van der Waals surface area contributed by atoms with Crippen LogP contribution in [0.1, 0.15) is 57.8 Å². The van der Waals surface area contributed by atoms with E-state index in [-0.39, 0.29) is 5.60 Å². The van der Waals surface area contributed by atoms with Gasteiger partial charge in [-0.1, -0.05) is 6.42 Å². The third-order valence-electron chi connectivity index (χ3n) is 4.08. The Morgan fingerprint density at radius 1 is 1.00 bits per heavy atom. The molecule has 0 aromatic rings. The van der Waals surface area contributed by atoms with Crippen LogP contribution in [0.3, 0.4) is 0 Å². The third kappa shape index (κ3) is 1.51. The summed E-state index contributed by atoms with van der Waals surface area (Å²) in [4.78, 5) is 11.8. The van der Waals surface area contributed by atoms with Gasteiger partial charge in [-0.25, -0.2) is 0 Å². The molecule has 0 radical (unpaired) electrons. The van der Waals surface area contributed by atoms with Gasteiger partial charge in [-0.15, -0.1) is 0 Å². The van der Waals surface area contributed by atoms with Crippen molar-refractivity contribution in [2.24, 2.45) is 0 Å². The average molecular weight is 206 g/mol. The monoisotopic (exact) mass is 206 g/mol. The SMILES string of the molecule is O=C1CCCC2=C1CC1(CCCCC1)O2. The molecule has 15 heavy (non-hydrogen) atoms. The molecule has 0 saturated heterocycles. The molecule has 2 heteroatoms. The lowest BCUT2D eigenvalue weighted by atomic mass is 9.80. The van der Waals surface area contributed by atoms with Crippen LogP contribution in [0.25, 0.3) is 0 Å². The summed E-state index contributed by atoms with van der Waals surface area (Å²) in [5.41, 5.74) is 1.09. The van der Waals surface area contributed by atoms with Crippen LogP contribution < -0.4 is 0 Å². The van der Waals surface area contributed by atoms with Crippen molar-refractivity contribution < 1.29 is 9.53 Å². The fourth-order valence-corrected chi connectivity index (χ4v) is 3.27. The summed E-state index contributed by atoms with van der Waals surface area (Å²) in [6.45, 7) is 0. The van der Waals surface area contributed by atoms with E-state index >= 15 is 0 Å². The van der Waals surface area contributed by atoms with Crippen molar-refractivity contribution >= 4 is 5.78 Å². The highest BCUT2D eigenvalue weighted by molar-refractivity contribution is 5.97. The standard InChI is InChI=1S/C13H18O2/c14-11-5-4-6-12-10(11)9-13(15-12)7-2-1-3-8-13/h1-9H2. The summed E-state index contributed by atoms with van der Waals surface area (Å²) in [7, 11) is 0. The maximum Gasteiger partial charge on any atom is 0.162 e. The molecule has 2 nitrogen and oxygen atoms in total. The summed E-state index contributed by atoms with van der Waals surface area (Å²) in [5, 5.41) is 0. The van der Waals surface area contributed by atoms with Crippen LogP contribution in [0, 0.1) is 0 Å². The first-order chi connectivity index (χ1) is 7.29. The predicted octanol–water partition coefficient (Wildman–Crippen LogP) is 3.12. The van der Waals surface area contributed by atoms with Crippen LogP contribution in [-0.4, -0.2) is 11.4 Å². The highest BCUT2D eigenvalue weighted by Gasteiger charge is 2.44. The van der Waals surface area contributed by atoms with Gasteiger partial charge in [0.25, 0.3) is 0 Å². The van der Waals surface area contributed by atoms with Gasteiger partial charge in [0.15, 0.2) is 5.78 Å². The summed E-state index contributed by atoms with van der Waals surface area (Å²) in [6.07, 6.45) is 9.86. The number of allylic oxidation sites excluding steroid dienone is 1. The quantitative estimate of drug-likeness (QED) is 0.608. The van der Waals surface area contributed by atoms with Gasteiger partial charge >= 0.3 is 0 Å². The van der Waals surface area contributed by atoms with E-state index in [9.17, 15) is 4.79 Å². The number of ketones is 1. The first kappa shape index (κ1) is 9.44. The lowest BCUT2D eigenvalue weighted by Crippen LogP contribution is -2.31. The van der Waals surface area contributed by atoms with E-state index in [4.69, 9.17) is 4.74 Å². The van der Waals surface area contributed by atoms with Crippen molar-refractivity contribution in [3.8, 4) is 0 Å². The first-order valence-electron chi connectivity index (χ1n) is 6.23. The number of carbonyl (C=O) groups is 1. The summed E-state index contributed by atoms with van der Waals surface area (Å²) in [5.74, 6) is 1.41. The van der Waals surface area contributed by atoms with E-state index in [1.165, 1.54) is 19.3 Å². The zero-order valence-electron chi connectivity index (χ0n) is 9.18. The average Bonchev–Trinajstić information content (AvgIpc) is 2.59. The lowest BCUT2D eigenvalue weighted by Gasteiger charge is -2.33. The molecule has 1 saturated carbocycles. The van der Waals surface area contributed by atoms with E-state index in [0.29, 0.717) is 5.78 Å². The van der Waals surface area contributed by atoms with Crippen LogP contribution in [0.4, 0.5) is 0 Å². The second-order valence-electron chi connectivity index (χ2n) is 5.20. The van der Waals surface area contributed by atoms with E-state index in [0.717, 1.165) is 49.9 Å². The highest BCUT2D eigenvalue weighted by atomic mass is 16.5. The topological polar surface area (TPSA) is 26.3 Å². The zero-order valence-corrected chi connectivity index (χ0v) is 9.18. The molecule has 0 aromatic carbocycles. The maximum atomic E-state index is 11.8. The molecule has 3 aliphatic rings. The molecule has 0 aromatic heterocycles. The van der Waals surface area contributed by atoms with E-state index in [1.807, 2.05) is 0 Å². The first-order valence-corrected chi connectivity index (χ1v) is 6.23. The number of hydrogen-bond acceptors (Lipinski definition) is 2. The normalized spacial score (nSPS) is 29.2. The van der Waals surface area contributed by atoms with Crippen LogP contribution >= 0.6 is 0 Å². The maximum absolute atomic E-state index is 11.8. The molecule has 2 aliphatic carbocycles. The van der Waals surface area contributed by atoms with Gasteiger partial charge in [0.05, 0.1) is 0 Å². The molecule has 82 valence electrons. The van der Waals surface area contributed by atoms with Crippen molar-refractivity contribution in [1.82, 2.24) is 0 Å². The summed E-state index contributed by atoms with van der Waals surface area (Å²) < 4.78 is 6.12. The van der Waals surface area contributed by atoms with Gasteiger partial charge in [0.1, 0.15) is 11.4 Å². The molecule has 0 N–H and O–H groups in total. The summed E-state index contributed by atoms with van der Waals surface area (Å²) in [6, 6.07) is 0. The lowest BCUT2D eigenvalue weighted by molar-refractivity contribution is -0.116. The Morgan fingerprint density at radius 2 is 1.80 bits per heavy atom. The van der Waals surface area contributed by atoms with Crippen LogP contribution in [0.15, 0.2) is 11.3 Å². The van der Waals surface area contributed by atoms with Gasteiger partial charge in [0, 0.05) is 24.8 Å². The molecule has 1 heterocycles. The smallest absolute Gasteiger partial charge is 0.162 e. The number of rotatable bonds is 0. The van der Waals surface area contributed by atoms with Gasteiger partial charge in [-0.2, -0.15) is 0 Å². The minimum atomic E-state index is 0.0446. The predicted molar refractivity (Wildman–Crippen MR) is 57.4 cm³/mol. The van der Waals surface area contributed by atoms with Crippen LogP contribution in [0.5, 0.6) is 0 Å². The van der Waals surface area contributed by atoms with Crippen molar-refractivity contribution in [3.63, 3.8) is 0 Å². The molecule has 0 bridgehead atoms. The van der Waals surface area contributed by atoms with Gasteiger partial charge in [0.2, 0.25) is 0 Å². The molecular weight excluding hydrogens is 188 g/mol. The number of carbonyl (C=O) groups excluding carboxylic acids is 1. The third-order valence-corrected chi connectivity index (χ3v) is 4.08. The van der Waals surface area contributed by atoms with Crippen molar-refractivity contribution in [2.75, 3.05) is 0 Å². The zero-order chi connectivity index (χ0) is 10.3. The second kappa shape index (κ2) is 3.36. The van der Waals surface area contributed by atoms with Crippen molar-refractivity contribution in [2.45, 2.75) is 63.4 Å². The van der Waals surface area contributed by atoms with Crippen molar-refractivity contribution in [1.29, 1.82) is 0 Å². The molecule has 0 unspecified atom stereocenters. The van der Waals surface area contributed by atoms with E-state index < -0.39 is 0 Å².